The maximum absolute atomic E-state index is 6.48. The molecule has 1 atom stereocenters. The van der Waals surface area contributed by atoms with Crippen LogP contribution in [0.15, 0.2) is 12.4 Å². The lowest BCUT2D eigenvalue weighted by molar-refractivity contribution is -0.0282. The number of morpholine rings is 1. The number of anilines is 1. The summed E-state index contributed by atoms with van der Waals surface area (Å²) in [4.78, 5) is 23.9. The standard InChI is InChI=1S/C29H40N8O2/c1-20-25(21(2)37-27(32-20)33-22(3)34-37)39-24-4-11-36(18-24)23-16-30-26(31-17-23)29-8-5-28(6-9-29,7-10-29)19-35-12-14-38-15-13-35/h16-17,24H,4-15,18-19H2,1-3H3/t24-,28?,29?/m1/s1. The minimum Gasteiger partial charge on any atom is -0.485 e. The largest absolute Gasteiger partial charge is 0.485 e. The van der Waals surface area contributed by atoms with Crippen LogP contribution in [-0.2, 0) is 10.2 Å². The number of aryl methyl sites for hydroxylation is 3. The summed E-state index contributed by atoms with van der Waals surface area (Å²) in [5.74, 6) is 3.21. The average molecular weight is 533 g/mol. The second-order valence-electron chi connectivity index (χ2n) is 12.4. The van der Waals surface area contributed by atoms with E-state index in [2.05, 4.69) is 24.9 Å². The van der Waals surface area contributed by atoms with Gasteiger partial charge in [0.2, 0.25) is 0 Å². The fourth-order valence-corrected chi connectivity index (χ4v) is 7.48. The summed E-state index contributed by atoms with van der Waals surface area (Å²) in [5.41, 5.74) is 3.54. The third-order valence-corrected chi connectivity index (χ3v) is 9.91. The van der Waals surface area contributed by atoms with Gasteiger partial charge in [0.15, 0.2) is 5.75 Å². The minimum absolute atomic E-state index is 0.0841. The van der Waals surface area contributed by atoms with E-state index in [1.165, 1.54) is 45.1 Å². The van der Waals surface area contributed by atoms with Crippen molar-refractivity contribution in [2.75, 3.05) is 50.8 Å². The topological polar surface area (TPSA) is 93.8 Å². The van der Waals surface area contributed by atoms with Crippen LogP contribution in [0, 0.1) is 26.2 Å². The zero-order chi connectivity index (χ0) is 26.6. The van der Waals surface area contributed by atoms with Crippen molar-refractivity contribution in [3.63, 3.8) is 0 Å². The van der Waals surface area contributed by atoms with Crippen molar-refractivity contribution in [2.45, 2.75) is 77.2 Å². The SMILES string of the molecule is Cc1nc2nc(C)c(O[C@@H]3CCN(c4cnc(C56CCC(CN7CCOCC7)(CC5)CC6)nc4)C3)c(C)n2n1. The molecular formula is C29H40N8O2. The van der Waals surface area contributed by atoms with E-state index in [-0.39, 0.29) is 11.5 Å². The molecule has 3 aromatic heterocycles. The monoisotopic (exact) mass is 532 g/mol. The highest BCUT2D eigenvalue weighted by Crippen LogP contribution is 2.57. The Labute approximate surface area is 230 Å². The van der Waals surface area contributed by atoms with Gasteiger partial charge in [0, 0.05) is 38.0 Å². The molecule has 5 heterocycles. The molecule has 0 unspecified atom stereocenters. The number of aromatic nitrogens is 6. The van der Waals surface area contributed by atoms with Gasteiger partial charge in [-0.3, -0.25) is 4.90 Å². The number of ether oxygens (including phenoxy) is 2. The normalized spacial score (nSPS) is 29.4. The number of fused-ring (bicyclic) bond motifs is 4. The molecule has 3 aliphatic carbocycles. The fraction of sp³-hybridized carbons (Fsp3) is 0.690. The summed E-state index contributed by atoms with van der Waals surface area (Å²) < 4.78 is 13.8. The van der Waals surface area contributed by atoms with Crippen LogP contribution >= 0.6 is 0 Å². The molecule has 2 aliphatic heterocycles. The van der Waals surface area contributed by atoms with Crippen molar-refractivity contribution in [1.29, 1.82) is 0 Å². The van der Waals surface area contributed by atoms with Crippen LogP contribution in [0.4, 0.5) is 5.69 Å². The van der Waals surface area contributed by atoms with Gasteiger partial charge in [-0.25, -0.2) is 15.0 Å². The molecule has 10 heteroatoms. The summed E-state index contributed by atoms with van der Waals surface area (Å²) in [6.45, 7) is 12.8. The number of nitrogens with zero attached hydrogens (tertiary/aromatic N) is 8. The molecule has 3 saturated carbocycles. The van der Waals surface area contributed by atoms with Crippen molar-refractivity contribution in [3.8, 4) is 5.75 Å². The molecule has 2 bridgehead atoms. The smallest absolute Gasteiger partial charge is 0.253 e. The Hall–Kier alpha value is -2.85. The molecule has 3 aromatic rings. The number of hydrogen-bond donors (Lipinski definition) is 0. The minimum atomic E-state index is 0.0841. The summed E-state index contributed by atoms with van der Waals surface area (Å²) in [7, 11) is 0. The molecule has 0 N–H and O–H groups in total. The van der Waals surface area contributed by atoms with Crippen molar-refractivity contribution in [1.82, 2.24) is 34.4 Å². The highest BCUT2D eigenvalue weighted by molar-refractivity contribution is 5.45. The lowest BCUT2D eigenvalue weighted by Gasteiger charge is -2.54. The van der Waals surface area contributed by atoms with Crippen LogP contribution in [-0.4, -0.2) is 86.5 Å². The van der Waals surface area contributed by atoms with Crippen molar-refractivity contribution >= 4 is 11.5 Å². The van der Waals surface area contributed by atoms with E-state index in [1.54, 1.807) is 4.52 Å². The maximum atomic E-state index is 6.48. The summed E-state index contributed by atoms with van der Waals surface area (Å²) >= 11 is 0. The highest BCUT2D eigenvalue weighted by Gasteiger charge is 2.51. The van der Waals surface area contributed by atoms with Crippen LogP contribution < -0.4 is 9.64 Å². The molecule has 5 aliphatic rings. The van der Waals surface area contributed by atoms with Crippen LogP contribution in [0.1, 0.15) is 68.0 Å². The van der Waals surface area contributed by atoms with Crippen molar-refractivity contribution in [3.05, 3.63) is 35.4 Å². The van der Waals surface area contributed by atoms with Gasteiger partial charge in [0.1, 0.15) is 17.8 Å². The first-order valence-electron chi connectivity index (χ1n) is 14.7. The van der Waals surface area contributed by atoms with Gasteiger partial charge in [-0.1, -0.05) is 0 Å². The summed E-state index contributed by atoms with van der Waals surface area (Å²) in [6.07, 6.45) is 12.7. The second kappa shape index (κ2) is 9.66. The average Bonchev–Trinajstić information content (AvgIpc) is 3.59. The molecule has 39 heavy (non-hydrogen) atoms. The Morgan fingerprint density at radius 1 is 0.949 bits per heavy atom. The predicted octanol–water partition coefficient (Wildman–Crippen LogP) is 3.42. The Morgan fingerprint density at radius 3 is 2.38 bits per heavy atom. The zero-order valence-electron chi connectivity index (χ0n) is 23.5. The molecular weight excluding hydrogens is 492 g/mol. The van der Waals surface area contributed by atoms with Gasteiger partial charge < -0.3 is 14.4 Å². The third kappa shape index (κ3) is 4.55. The number of hydrogen-bond acceptors (Lipinski definition) is 9. The molecule has 2 saturated heterocycles. The van der Waals surface area contributed by atoms with Crippen LogP contribution in [0.25, 0.3) is 5.78 Å². The van der Waals surface area contributed by atoms with Gasteiger partial charge in [0.05, 0.1) is 49.2 Å². The Bertz CT molecular complexity index is 1330. The molecule has 0 radical (unpaired) electrons. The lowest BCUT2D eigenvalue weighted by Crippen LogP contribution is -2.51. The number of rotatable bonds is 6. The van der Waals surface area contributed by atoms with E-state index < -0.39 is 0 Å². The Morgan fingerprint density at radius 2 is 1.67 bits per heavy atom. The van der Waals surface area contributed by atoms with Crippen LogP contribution in [0.3, 0.4) is 0 Å². The molecule has 0 aromatic carbocycles. The fourth-order valence-electron chi connectivity index (χ4n) is 7.48. The highest BCUT2D eigenvalue weighted by atomic mass is 16.5. The molecule has 208 valence electrons. The van der Waals surface area contributed by atoms with Gasteiger partial charge >= 0.3 is 0 Å². The summed E-state index contributed by atoms with van der Waals surface area (Å²) in [6, 6.07) is 0. The Kier molecular flexibility index (Phi) is 6.23. The van der Waals surface area contributed by atoms with E-state index in [9.17, 15) is 0 Å². The summed E-state index contributed by atoms with van der Waals surface area (Å²) in [5, 5.41) is 4.47. The van der Waals surface area contributed by atoms with Gasteiger partial charge in [-0.2, -0.15) is 9.50 Å². The first-order valence-corrected chi connectivity index (χ1v) is 14.7. The lowest BCUT2D eigenvalue weighted by atomic mass is 9.53. The van der Waals surface area contributed by atoms with E-state index in [1.807, 2.05) is 33.2 Å². The van der Waals surface area contributed by atoms with Crippen molar-refractivity contribution in [2.24, 2.45) is 5.41 Å². The first-order chi connectivity index (χ1) is 18.9. The maximum Gasteiger partial charge on any atom is 0.253 e. The van der Waals surface area contributed by atoms with E-state index in [4.69, 9.17) is 19.4 Å². The predicted molar refractivity (Wildman–Crippen MR) is 147 cm³/mol. The van der Waals surface area contributed by atoms with E-state index in [0.717, 1.165) is 74.5 Å². The van der Waals surface area contributed by atoms with E-state index in [0.29, 0.717) is 17.0 Å². The molecule has 0 amide bonds. The van der Waals surface area contributed by atoms with Gasteiger partial charge in [-0.15, -0.1) is 5.10 Å². The van der Waals surface area contributed by atoms with E-state index >= 15 is 0 Å². The molecule has 5 fully saturated rings. The first kappa shape index (κ1) is 25.1. The van der Waals surface area contributed by atoms with Crippen LogP contribution in [0.5, 0.6) is 5.75 Å². The van der Waals surface area contributed by atoms with Crippen molar-refractivity contribution < 1.29 is 9.47 Å². The molecule has 8 rings (SSSR count). The molecule has 0 spiro atoms. The third-order valence-electron chi connectivity index (χ3n) is 9.91. The van der Waals surface area contributed by atoms with Gasteiger partial charge in [-0.05, 0) is 64.7 Å². The zero-order valence-corrected chi connectivity index (χ0v) is 23.5. The molecule has 10 nitrogen and oxygen atoms in total. The quantitative estimate of drug-likeness (QED) is 0.473. The second-order valence-corrected chi connectivity index (χ2v) is 12.4. The van der Waals surface area contributed by atoms with Crippen LogP contribution in [0.2, 0.25) is 0 Å². The van der Waals surface area contributed by atoms with Gasteiger partial charge in [0.25, 0.3) is 5.78 Å². The Balaban J connectivity index is 0.989.